The lowest BCUT2D eigenvalue weighted by Gasteiger charge is -2.27. The summed E-state index contributed by atoms with van der Waals surface area (Å²) in [6.45, 7) is 0. The van der Waals surface area contributed by atoms with Crippen molar-refractivity contribution in [3.8, 4) is 68.6 Å². The van der Waals surface area contributed by atoms with Crippen molar-refractivity contribution in [2.24, 2.45) is 0 Å². The Hall–Kier alpha value is -6.04. The molecule has 2 aliphatic heterocycles. The minimum atomic E-state index is -0.932. The van der Waals surface area contributed by atoms with Gasteiger partial charge in [-0.3, -0.25) is 9.59 Å². The van der Waals surface area contributed by atoms with Crippen LogP contribution in [0, 0.1) is 0 Å². The molecule has 0 amide bonds. The van der Waals surface area contributed by atoms with Crippen molar-refractivity contribution in [1.82, 2.24) is 0 Å². The minimum absolute atomic E-state index is 0.0441. The van der Waals surface area contributed by atoms with Crippen molar-refractivity contribution in [3.63, 3.8) is 0 Å². The second kappa shape index (κ2) is 9.27. The molecule has 0 spiro atoms. The monoisotopic (exact) mass is 572 g/mol. The summed E-state index contributed by atoms with van der Waals surface area (Å²) in [6.07, 6.45) is -0.106. The van der Waals surface area contributed by atoms with Gasteiger partial charge in [-0.2, -0.15) is 0 Å². The number of allylic oxidation sites excluding steroid dienone is 1. The summed E-state index contributed by atoms with van der Waals surface area (Å²) in [7, 11) is 0. The molecule has 0 fully saturated rings. The second-order valence-corrected chi connectivity index (χ2v) is 9.65. The van der Waals surface area contributed by atoms with Crippen LogP contribution in [0.3, 0.4) is 0 Å². The molecule has 4 aromatic rings. The maximum Gasteiger partial charge on any atom is 0.235 e. The summed E-state index contributed by atoms with van der Waals surface area (Å²) in [5, 5.41) is 82.6. The van der Waals surface area contributed by atoms with E-state index in [0.29, 0.717) is 5.56 Å². The number of phenols is 8. The molecule has 2 heterocycles. The predicted octanol–water partition coefficient (Wildman–Crippen LogP) is 4.32. The average Bonchev–Trinajstić information content (AvgIpc) is 3.23. The molecule has 1 atom stereocenters. The van der Waals surface area contributed by atoms with Gasteiger partial charge in [-0.05, 0) is 35.4 Å². The third kappa shape index (κ3) is 4.01. The Morgan fingerprint density at radius 2 is 1.36 bits per heavy atom. The maximum absolute atomic E-state index is 13.2. The topological polar surface area (TPSA) is 214 Å². The second-order valence-electron chi connectivity index (χ2n) is 9.65. The van der Waals surface area contributed by atoms with Gasteiger partial charge in [0, 0.05) is 23.8 Å². The zero-order chi connectivity index (χ0) is 30.0. The molecule has 0 aliphatic carbocycles. The largest absolute Gasteiger partial charge is 0.508 e. The van der Waals surface area contributed by atoms with E-state index >= 15 is 0 Å². The molecule has 2 aliphatic rings. The minimum Gasteiger partial charge on any atom is -0.508 e. The fraction of sp³-hybridized carbons (Fsp3) is 0.0667. The number of carbonyl (C=O) groups excluding carboxylic acids is 2. The van der Waals surface area contributed by atoms with Crippen molar-refractivity contribution in [2.75, 3.05) is 0 Å². The molecular formula is C30H20O12. The molecule has 4 aromatic carbocycles. The first-order valence-corrected chi connectivity index (χ1v) is 12.3. The molecule has 0 saturated carbocycles. The van der Waals surface area contributed by atoms with Crippen molar-refractivity contribution in [1.29, 1.82) is 0 Å². The van der Waals surface area contributed by atoms with Gasteiger partial charge in [0.2, 0.25) is 5.78 Å². The molecule has 0 bridgehead atoms. The van der Waals surface area contributed by atoms with Gasteiger partial charge in [-0.1, -0.05) is 12.1 Å². The molecule has 42 heavy (non-hydrogen) atoms. The molecule has 212 valence electrons. The van der Waals surface area contributed by atoms with Crippen LogP contribution in [0.15, 0.2) is 54.3 Å². The van der Waals surface area contributed by atoms with Gasteiger partial charge in [0.15, 0.2) is 34.5 Å². The molecule has 0 radical (unpaired) electrons. The highest BCUT2D eigenvalue weighted by Gasteiger charge is 2.36. The maximum atomic E-state index is 13.2. The Kier molecular flexibility index (Phi) is 5.78. The molecule has 12 heteroatoms. The van der Waals surface area contributed by atoms with E-state index in [1.54, 1.807) is 0 Å². The Bertz CT molecular complexity index is 1890. The molecule has 0 saturated heterocycles. The van der Waals surface area contributed by atoms with Gasteiger partial charge in [0.25, 0.3) is 0 Å². The number of Topliss-reactive ketones (excluding diaryl/α,β-unsaturated/α-hetero) is 2. The van der Waals surface area contributed by atoms with Crippen LogP contribution >= 0.6 is 0 Å². The number of phenolic OH excluding ortho intramolecular Hbond substituents is 8. The van der Waals surface area contributed by atoms with E-state index in [1.807, 2.05) is 0 Å². The zero-order valence-electron chi connectivity index (χ0n) is 21.2. The zero-order valence-corrected chi connectivity index (χ0v) is 21.2. The molecule has 0 aromatic heterocycles. The Balaban J connectivity index is 1.46. The summed E-state index contributed by atoms with van der Waals surface area (Å²) in [4.78, 5) is 26.2. The number of carbonyl (C=O) groups is 2. The van der Waals surface area contributed by atoms with E-state index in [9.17, 15) is 50.4 Å². The third-order valence-electron chi connectivity index (χ3n) is 7.00. The number of benzene rings is 4. The van der Waals surface area contributed by atoms with Gasteiger partial charge < -0.3 is 50.3 Å². The first-order chi connectivity index (χ1) is 19.9. The van der Waals surface area contributed by atoms with Crippen molar-refractivity contribution >= 4 is 17.6 Å². The Morgan fingerprint density at radius 1 is 0.643 bits per heavy atom. The van der Waals surface area contributed by atoms with Crippen LogP contribution in [0.1, 0.15) is 44.4 Å². The average molecular weight is 572 g/mol. The molecule has 12 nitrogen and oxygen atoms in total. The Labute approximate surface area is 235 Å². The summed E-state index contributed by atoms with van der Waals surface area (Å²) < 4.78 is 11.3. The molecule has 1 unspecified atom stereocenters. The van der Waals surface area contributed by atoms with E-state index in [2.05, 4.69) is 0 Å². The van der Waals surface area contributed by atoms with E-state index < -0.39 is 57.7 Å². The normalized spacial score (nSPS) is 16.6. The third-order valence-corrected chi connectivity index (χ3v) is 7.00. The van der Waals surface area contributed by atoms with Gasteiger partial charge in [-0.15, -0.1) is 0 Å². The van der Waals surface area contributed by atoms with Crippen LogP contribution in [0.4, 0.5) is 0 Å². The number of ketones is 2. The van der Waals surface area contributed by atoms with E-state index in [-0.39, 0.29) is 57.4 Å². The fourth-order valence-electron chi connectivity index (χ4n) is 5.03. The van der Waals surface area contributed by atoms with Crippen LogP contribution in [-0.4, -0.2) is 52.4 Å². The van der Waals surface area contributed by atoms with Crippen LogP contribution < -0.4 is 9.47 Å². The summed E-state index contributed by atoms with van der Waals surface area (Å²) in [5.74, 6) is -6.68. The molecule has 6 rings (SSSR count). The predicted molar refractivity (Wildman–Crippen MR) is 143 cm³/mol. The number of hydrogen-bond acceptors (Lipinski definition) is 12. The van der Waals surface area contributed by atoms with Gasteiger partial charge in [0.05, 0.1) is 12.0 Å². The molecule has 8 N–H and O–H groups in total. The highest BCUT2D eigenvalue weighted by atomic mass is 16.5. The van der Waals surface area contributed by atoms with E-state index in [0.717, 1.165) is 30.3 Å². The molecular weight excluding hydrogens is 552 g/mol. The quantitative estimate of drug-likeness (QED) is 0.127. The lowest BCUT2D eigenvalue weighted by Crippen LogP contribution is -2.20. The number of rotatable bonds is 3. The highest BCUT2D eigenvalue weighted by Crippen LogP contribution is 2.53. The van der Waals surface area contributed by atoms with Crippen LogP contribution in [0.2, 0.25) is 0 Å². The lowest BCUT2D eigenvalue weighted by atomic mass is 9.89. The van der Waals surface area contributed by atoms with Crippen LogP contribution in [0.5, 0.6) is 57.5 Å². The fourth-order valence-corrected chi connectivity index (χ4v) is 5.03. The van der Waals surface area contributed by atoms with Crippen molar-refractivity contribution in [3.05, 3.63) is 76.5 Å². The number of aromatic hydroxyl groups is 8. The van der Waals surface area contributed by atoms with Gasteiger partial charge in [0.1, 0.15) is 51.7 Å². The Morgan fingerprint density at radius 3 is 2.10 bits per heavy atom. The highest BCUT2D eigenvalue weighted by molar-refractivity contribution is 6.16. The number of ether oxygens (including phenoxy) is 2. The van der Waals surface area contributed by atoms with E-state index in [4.69, 9.17) is 9.47 Å². The van der Waals surface area contributed by atoms with Gasteiger partial charge in [-0.25, -0.2) is 0 Å². The van der Waals surface area contributed by atoms with E-state index in [1.165, 1.54) is 24.3 Å². The lowest BCUT2D eigenvalue weighted by molar-refractivity contribution is 0.0844. The first-order valence-electron chi connectivity index (χ1n) is 12.3. The van der Waals surface area contributed by atoms with Crippen molar-refractivity contribution < 1.29 is 59.9 Å². The number of hydrogen-bond donors (Lipinski definition) is 8. The first kappa shape index (κ1) is 26.2. The standard InChI is InChI=1S/C30H20O12/c31-13-7-17(35)25-21(8-13)42-23(29(25)39)6-12-2-4-15(33)28(38)24(12)27-19(37)10-22-26(30(27)40)18(36)9-20(41-22)11-1-3-14(32)16(34)5-11/h1-8,10,20,31-35,37-38,40H,9H2. The smallest absolute Gasteiger partial charge is 0.235 e. The number of fused-ring (bicyclic) bond motifs is 2. The summed E-state index contributed by atoms with van der Waals surface area (Å²) in [6, 6.07) is 9.29. The SMILES string of the molecule is O=C1C(=Cc2ccc(O)c(O)c2-c2c(O)cc3c(c2O)C(=O)CC(c2ccc(O)c(O)c2)O3)Oc2cc(O)cc(O)c21. The van der Waals surface area contributed by atoms with Crippen LogP contribution in [-0.2, 0) is 0 Å². The van der Waals surface area contributed by atoms with Crippen LogP contribution in [0.25, 0.3) is 17.2 Å². The summed E-state index contributed by atoms with van der Waals surface area (Å²) >= 11 is 0. The van der Waals surface area contributed by atoms with Crippen molar-refractivity contribution in [2.45, 2.75) is 12.5 Å². The van der Waals surface area contributed by atoms with Gasteiger partial charge >= 0.3 is 0 Å². The summed E-state index contributed by atoms with van der Waals surface area (Å²) in [5.41, 5.74) is -1.08.